The summed E-state index contributed by atoms with van der Waals surface area (Å²) < 4.78 is 17.2. The molecule has 0 amide bonds. The third-order valence-electron chi connectivity index (χ3n) is 2.16. The van der Waals surface area contributed by atoms with Crippen LogP contribution in [0.25, 0.3) is 0 Å². The van der Waals surface area contributed by atoms with E-state index < -0.39 is 11.9 Å². The number of halogens is 2. The van der Waals surface area contributed by atoms with Crippen molar-refractivity contribution < 1.29 is 9.50 Å². The Hall–Kier alpha value is -1.04. The van der Waals surface area contributed by atoms with Gasteiger partial charge in [0.25, 0.3) is 0 Å². The number of aliphatic hydroxyl groups excluding tert-OH is 1. The first-order chi connectivity index (χ1) is 7.68. The molecule has 1 atom stereocenters. The van der Waals surface area contributed by atoms with E-state index in [-0.39, 0.29) is 11.4 Å². The van der Waals surface area contributed by atoms with Crippen LogP contribution in [-0.2, 0) is 6.42 Å². The van der Waals surface area contributed by atoms with Crippen LogP contribution in [0.2, 0.25) is 5.02 Å². The summed E-state index contributed by atoms with van der Waals surface area (Å²) in [7, 11) is 0. The van der Waals surface area contributed by atoms with Crippen molar-refractivity contribution in [3.8, 4) is 0 Å². The van der Waals surface area contributed by atoms with Gasteiger partial charge in [0.1, 0.15) is 17.6 Å². The molecule has 0 saturated heterocycles. The third-order valence-corrected chi connectivity index (χ3v) is 2.98. The number of benzene rings is 1. The Morgan fingerprint density at radius 3 is 3.00 bits per heavy atom. The number of hydrogen-bond donors (Lipinski definition) is 1. The van der Waals surface area contributed by atoms with Gasteiger partial charge in [-0.25, -0.2) is 4.39 Å². The van der Waals surface area contributed by atoms with Crippen molar-refractivity contribution in [1.29, 1.82) is 0 Å². The van der Waals surface area contributed by atoms with Gasteiger partial charge < -0.3 is 5.11 Å². The number of aliphatic hydroxyl groups is 1. The molecule has 1 aromatic carbocycles. The summed E-state index contributed by atoms with van der Waals surface area (Å²) in [5.41, 5.74) is 0.817. The van der Waals surface area contributed by atoms with E-state index in [0.717, 1.165) is 11.5 Å². The lowest BCUT2D eigenvalue weighted by Gasteiger charge is -2.08. The molecule has 1 heterocycles. The average Bonchev–Trinajstić information content (AvgIpc) is 2.78. The van der Waals surface area contributed by atoms with Crippen LogP contribution in [0, 0.1) is 5.82 Å². The van der Waals surface area contributed by atoms with Crippen molar-refractivity contribution in [3.05, 3.63) is 45.7 Å². The molecule has 0 fully saturated rings. The van der Waals surface area contributed by atoms with E-state index in [1.807, 2.05) is 0 Å². The van der Waals surface area contributed by atoms with Crippen LogP contribution in [0.5, 0.6) is 0 Å². The minimum atomic E-state index is -0.855. The van der Waals surface area contributed by atoms with E-state index >= 15 is 0 Å². The molecule has 2 rings (SSSR count). The zero-order valence-corrected chi connectivity index (χ0v) is 9.67. The van der Waals surface area contributed by atoms with Crippen LogP contribution in [0.1, 0.15) is 17.4 Å². The highest BCUT2D eigenvalue weighted by Crippen LogP contribution is 2.23. The van der Waals surface area contributed by atoms with Gasteiger partial charge in [-0.3, -0.25) is 0 Å². The Bertz CT molecular complexity index is 478. The van der Waals surface area contributed by atoms with Gasteiger partial charge in [0.05, 0.1) is 5.02 Å². The summed E-state index contributed by atoms with van der Waals surface area (Å²) in [6, 6.07) is 4.70. The summed E-state index contributed by atoms with van der Waals surface area (Å²) >= 11 is 6.78. The summed E-state index contributed by atoms with van der Waals surface area (Å²) in [4.78, 5) is 0. The summed E-state index contributed by atoms with van der Waals surface area (Å²) in [5.74, 6) is -0.494. The quantitative estimate of drug-likeness (QED) is 0.921. The molecule has 0 aliphatic rings. The van der Waals surface area contributed by atoms with Gasteiger partial charge >= 0.3 is 0 Å². The molecule has 0 radical (unpaired) electrons. The van der Waals surface area contributed by atoms with Crippen LogP contribution in [0.4, 0.5) is 4.39 Å². The zero-order chi connectivity index (χ0) is 11.5. The van der Waals surface area contributed by atoms with Crippen molar-refractivity contribution in [1.82, 2.24) is 9.59 Å². The Morgan fingerprint density at radius 1 is 1.50 bits per heavy atom. The first-order valence-corrected chi connectivity index (χ1v) is 5.78. The van der Waals surface area contributed by atoms with E-state index in [0.29, 0.717) is 11.3 Å². The van der Waals surface area contributed by atoms with Crippen molar-refractivity contribution in [2.45, 2.75) is 12.5 Å². The molecule has 0 aliphatic carbocycles. The van der Waals surface area contributed by atoms with E-state index in [9.17, 15) is 9.50 Å². The molecule has 6 heteroatoms. The Balaban J connectivity index is 2.18. The second-order valence-corrected chi connectivity index (χ2v) is 4.28. The van der Waals surface area contributed by atoms with E-state index in [1.54, 1.807) is 17.5 Å². The fourth-order valence-electron chi connectivity index (χ4n) is 1.34. The standard InChI is InChI=1S/C10H8ClFN2OS/c11-7-3-1-2-6(10(7)12)4-9(15)8-5-16-14-13-8/h1-3,5,9,15H,4H2. The highest BCUT2D eigenvalue weighted by atomic mass is 35.5. The van der Waals surface area contributed by atoms with Gasteiger partial charge in [-0.1, -0.05) is 28.2 Å². The van der Waals surface area contributed by atoms with Crippen molar-refractivity contribution in [3.63, 3.8) is 0 Å². The van der Waals surface area contributed by atoms with Gasteiger partial charge in [0.15, 0.2) is 0 Å². The number of rotatable bonds is 3. The average molecular weight is 259 g/mol. The summed E-state index contributed by atoms with van der Waals surface area (Å²) in [6.45, 7) is 0. The van der Waals surface area contributed by atoms with Crippen molar-refractivity contribution in [2.24, 2.45) is 0 Å². The van der Waals surface area contributed by atoms with Crippen LogP contribution < -0.4 is 0 Å². The largest absolute Gasteiger partial charge is 0.386 e. The lowest BCUT2D eigenvalue weighted by Crippen LogP contribution is -2.04. The number of nitrogens with zero attached hydrogens (tertiary/aromatic N) is 2. The van der Waals surface area contributed by atoms with E-state index in [4.69, 9.17) is 11.6 Å². The minimum Gasteiger partial charge on any atom is -0.386 e. The minimum absolute atomic E-state index is 0.0566. The summed E-state index contributed by atoms with van der Waals surface area (Å²) in [6.07, 6.45) is -0.718. The van der Waals surface area contributed by atoms with Crippen molar-refractivity contribution in [2.75, 3.05) is 0 Å². The molecule has 2 aromatic rings. The maximum Gasteiger partial charge on any atom is 0.145 e. The highest BCUT2D eigenvalue weighted by Gasteiger charge is 2.15. The normalized spacial score (nSPS) is 12.7. The van der Waals surface area contributed by atoms with E-state index in [2.05, 4.69) is 9.59 Å². The molecule has 0 aliphatic heterocycles. The molecule has 0 spiro atoms. The molecule has 0 saturated carbocycles. The molecule has 1 N–H and O–H groups in total. The van der Waals surface area contributed by atoms with E-state index in [1.165, 1.54) is 6.07 Å². The van der Waals surface area contributed by atoms with Gasteiger partial charge in [0, 0.05) is 11.8 Å². The SMILES string of the molecule is OC(Cc1cccc(Cl)c1F)c1csnn1. The zero-order valence-electron chi connectivity index (χ0n) is 8.10. The molecule has 3 nitrogen and oxygen atoms in total. The Kier molecular flexibility index (Phi) is 3.48. The molecule has 1 aromatic heterocycles. The summed E-state index contributed by atoms with van der Waals surface area (Å²) in [5, 5.41) is 15.2. The first-order valence-electron chi connectivity index (χ1n) is 4.56. The monoisotopic (exact) mass is 258 g/mol. The lowest BCUT2D eigenvalue weighted by molar-refractivity contribution is 0.172. The molecule has 1 unspecified atom stereocenters. The maximum absolute atomic E-state index is 13.5. The predicted octanol–water partition coefficient (Wildman–Crippen LogP) is 2.61. The maximum atomic E-state index is 13.5. The first kappa shape index (κ1) is 11.4. The molecule has 16 heavy (non-hydrogen) atoms. The molecule has 0 bridgehead atoms. The topological polar surface area (TPSA) is 46.0 Å². The second kappa shape index (κ2) is 4.86. The van der Waals surface area contributed by atoms with Gasteiger partial charge in [-0.15, -0.1) is 5.10 Å². The van der Waals surface area contributed by atoms with Gasteiger partial charge in [-0.2, -0.15) is 0 Å². The molecule has 84 valence electrons. The van der Waals surface area contributed by atoms with Crippen LogP contribution in [0.15, 0.2) is 23.6 Å². The predicted molar refractivity (Wildman–Crippen MR) is 60.0 cm³/mol. The Morgan fingerprint density at radius 2 is 2.31 bits per heavy atom. The van der Waals surface area contributed by atoms with Gasteiger partial charge in [0.2, 0.25) is 0 Å². The van der Waals surface area contributed by atoms with Crippen LogP contribution in [0.3, 0.4) is 0 Å². The second-order valence-electron chi connectivity index (χ2n) is 3.26. The highest BCUT2D eigenvalue weighted by molar-refractivity contribution is 7.03. The number of aromatic nitrogens is 2. The Labute approximate surface area is 101 Å². The fraction of sp³-hybridized carbons (Fsp3) is 0.200. The lowest BCUT2D eigenvalue weighted by atomic mass is 10.1. The van der Waals surface area contributed by atoms with Gasteiger partial charge in [-0.05, 0) is 23.2 Å². The smallest absolute Gasteiger partial charge is 0.145 e. The third kappa shape index (κ3) is 2.37. The number of hydrogen-bond acceptors (Lipinski definition) is 4. The van der Waals surface area contributed by atoms with Crippen molar-refractivity contribution >= 4 is 23.1 Å². The molecular weight excluding hydrogens is 251 g/mol. The fourth-order valence-corrected chi connectivity index (χ4v) is 2.03. The molecular formula is C10H8ClFN2OS. The van der Waals surface area contributed by atoms with Crippen LogP contribution >= 0.6 is 23.1 Å². The van der Waals surface area contributed by atoms with Crippen LogP contribution in [-0.4, -0.2) is 14.7 Å².